The minimum Gasteiger partial charge on any atom is -0.384 e. The number of aliphatic hydroxyl groups is 1. The molecule has 0 saturated heterocycles. The molecular weight excluding hydrogens is 256 g/mol. The van der Waals surface area contributed by atoms with E-state index in [1.165, 1.54) is 10.9 Å². The number of fused-ring (bicyclic) bond motifs is 1. The van der Waals surface area contributed by atoms with Gasteiger partial charge >= 0.3 is 0 Å². The van der Waals surface area contributed by atoms with Gasteiger partial charge in [0.25, 0.3) is 0 Å². The summed E-state index contributed by atoms with van der Waals surface area (Å²) in [6.07, 6.45) is -0.574. The summed E-state index contributed by atoms with van der Waals surface area (Å²) in [6, 6.07) is 18.7. The van der Waals surface area contributed by atoms with Crippen molar-refractivity contribution < 1.29 is 5.11 Å². The summed E-state index contributed by atoms with van der Waals surface area (Å²) in [4.78, 5) is 0. The molecule has 1 unspecified atom stereocenters. The van der Waals surface area contributed by atoms with Crippen LogP contribution < -0.4 is 0 Å². The quantitative estimate of drug-likeness (QED) is 0.709. The molecule has 0 saturated carbocycles. The molecule has 21 heavy (non-hydrogen) atoms. The van der Waals surface area contributed by atoms with E-state index in [2.05, 4.69) is 57.2 Å². The highest BCUT2D eigenvalue weighted by Gasteiger charge is 2.16. The summed E-state index contributed by atoms with van der Waals surface area (Å²) < 4.78 is 0. The number of hydrogen-bond acceptors (Lipinski definition) is 1. The molecule has 1 heteroatoms. The predicted octanol–water partition coefficient (Wildman–Crippen LogP) is 4.85. The Morgan fingerprint density at radius 3 is 2.05 bits per heavy atom. The van der Waals surface area contributed by atoms with Gasteiger partial charge in [-0.15, -0.1) is 0 Å². The zero-order valence-corrected chi connectivity index (χ0v) is 12.7. The van der Waals surface area contributed by atoms with Crippen molar-refractivity contribution >= 4 is 10.8 Å². The lowest BCUT2D eigenvalue weighted by atomic mass is 9.91. The van der Waals surface area contributed by atoms with Gasteiger partial charge in [-0.1, -0.05) is 54.1 Å². The summed E-state index contributed by atoms with van der Waals surface area (Å²) >= 11 is 0. The van der Waals surface area contributed by atoms with E-state index in [9.17, 15) is 5.11 Å². The minimum absolute atomic E-state index is 0.574. The van der Waals surface area contributed by atoms with Gasteiger partial charge in [-0.3, -0.25) is 0 Å². The van der Waals surface area contributed by atoms with E-state index in [-0.39, 0.29) is 0 Å². The van der Waals surface area contributed by atoms with Gasteiger partial charge in [0, 0.05) is 0 Å². The van der Waals surface area contributed by atoms with E-state index < -0.39 is 6.10 Å². The van der Waals surface area contributed by atoms with E-state index in [0.29, 0.717) is 0 Å². The number of aryl methyl sites for hydroxylation is 3. The van der Waals surface area contributed by atoms with Gasteiger partial charge in [-0.2, -0.15) is 0 Å². The summed E-state index contributed by atoms with van der Waals surface area (Å²) in [7, 11) is 0. The molecule has 0 radical (unpaired) electrons. The predicted molar refractivity (Wildman–Crippen MR) is 88.7 cm³/mol. The highest BCUT2D eigenvalue weighted by molar-refractivity contribution is 5.83. The molecule has 1 nitrogen and oxygen atoms in total. The van der Waals surface area contributed by atoms with Crippen molar-refractivity contribution in [2.75, 3.05) is 0 Å². The summed E-state index contributed by atoms with van der Waals surface area (Å²) in [5, 5.41) is 13.2. The van der Waals surface area contributed by atoms with Gasteiger partial charge in [0.2, 0.25) is 0 Å². The lowest BCUT2D eigenvalue weighted by Crippen LogP contribution is -2.05. The normalized spacial score (nSPS) is 12.6. The summed E-state index contributed by atoms with van der Waals surface area (Å²) in [5.41, 5.74) is 5.50. The maximum Gasteiger partial charge on any atom is 0.105 e. The van der Waals surface area contributed by atoms with E-state index in [1.54, 1.807) is 0 Å². The Labute approximate surface area is 125 Å². The van der Waals surface area contributed by atoms with Gasteiger partial charge in [0.1, 0.15) is 6.10 Å². The monoisotopic (exact) mass is 276 g/mol. The van der Waals surface area contributed by atoms with Crippen LogP contribution in [0.5, 0.6) is 0 Å². The standard InChI is InChI=1S/C20H20O/c1-13-10-14(2)19(15(3)11-13)20(21)18-9-8-16-6-4-5-7-17(16)12-18/h4-12,20-21H,1-3H3. The molecule has 3 rings (SSSR count). The van der Waals surface area contributed by atoms with Crippen molar-refractivity contribution in [1.82, 2.24) is 0 Å². The third kappa shape index (κ3) is 2.57. The number of benzene rings is 3. The molecule has 0 aliphatic rings. The molecule has 0 heterocycles. The average molecular weight is 276 g/mol. The first-order chi connectivity index (χ1) is 10.1. The first-order valence-electron chi connectivity index (χ1n) is 7.31. The SMILES string of the molecule is Cc1cc(C)c(C(O)c2ccc3ccccc3c2)c(C)c1. The Balaban J connectivity index is 2.10. The Morgan fingerprint density at radius 1 is 0.762 bits per heavy atom. The third-order valence-electron chi connectivity index (χ3n) is 4.10. The average Bonchev–Trinajstić information content (AvgIpc) is 2.45. The van der Waals surface area contributed by atoms with Crippen LogP contribution in [0.25, 0.3) is 10.8 Å². The third-order valence-corrected chi connectivity index (χ3v) is 4.10. The molecule has 0 amide bonds. The molecule has 1 atom stereocenters. The fraction of sp³-hybridized carbons (Fsp3) is 0.200. The molecule has 1 N–H and O–H groups in total. The molecule has 3 aromatic carbocycles. The highest BCUT2D eigenvalue weighted by Crippen LogP contribution is 2.30. The summed E-state index contributed by atoms with van der Waals surface area (Å²) in [5.74, 6) is 0. The Bertz CT molecular complexity index is 779. The number of hydrogen-bond donors (Lipinski definition) is 1. The van der Waals surface area contributed by atoms with Crippen molar-refractivity contribution in [2.24, 2.45) is 0 Å². The first kappa shape index (κ1) is 13.8. The van der Waals surface area contributed by atoms with Gasteiger partial charge in [-0.25, -0.2) is 0 Å². The van der Waals surface area contributed by atoms with Gasteiger partial charge in [-0.05, 0) is 59.9 Å². The zero-order chi connectivity index (χ0) is 15.0. The van der Waals surface area contributed by atoms with Crippen LogP contribution >= 0.6 is 0 Å². The minimum atomic E-state index is -0.574. The van der Waals surface area contributed by atoms with Crippen LogP contribution in [0.4, 0.5) is 0 Å². The van der Waals surface area contributed by atoms with Crippen LogP contribution in [-0.2, 0) is 0 Å². The molecule has 3 aromatic rings. The zero-order valence-electron chi connectivity index (χ0n) is 12.7. The van der Waals surface area contributed by atoms with E-state index in [0.717, 1.165) is 27.6 Å². The van der Waals surface area contributed by atoms with Crippen molar-refractivity contribution in [3.8, 4) is 0 Å². The molecule has 106 valence electrons. The molecule has 0 spiro atoms. The lowest BCUT2D eigenvalue weighted by molar-refractivity contribution is 0.219. The van der Waals surface area contributed by atoms with Gasteiger partial charge < -0.3 is 5.11 Å². The van der Waals surface area contributed by atoms with Crippen LogP contribution in [0, 0.1) is 20.8 Å². The fourth-order valence-corrected chi connectivity index (χ4v) is 3.17. The molecule has 0 aromatic heterocycles. The molecule has 0 aliphatic heterocycles. The topological polar surface area (TPSA) is 20.2 Å². The molecule has 0 fully saturated rings. The lowest BCUT2D eigenvalue weighted by Gasteiger charge is -2.18. The van der Waals surface area contributed by atoms with Crippen LogP contribution in [0.3, 0.4) is 0 Å². The Kier molecular flexibility index (Phi) is 3.52. The van der Waals surface area contributed by atoms with Crippen LogP contribution in [0.15, 0.2) is 54.6 Å². The van der Waals surface area contributed by atoms with E-state index in [4.69, 9.17) is 0 Å². The first-order valence-corrected chi connectivity index (χ1v) is 7.31. The van der Waals surface area contributed by atoms with Crippen LogP contribution in [-0.4, -0.2) is 5.11 Å². The van der Waals surface area contributed by atoms with Gasteiger partial charge in [0.05, 0.1) is 0 Å². The maximum atomic E-state index is 10.8. The van der Waals surface area contributed by atoms with Crippen molar-refractivity contribution in [1.29, 1.82) is 0 Å². The number of aliphatic hydroxyl groups excluding tert-OH is 1. The second-order valence-corrected chi connectivity index (χ2v) is 5.82. The second kappa shape index (κ2) is 5.34. The smallest absolute Gasteiger partial charge is 0.105 e. The Hall–Kier alpha value is -2.12. The highest BCUT2D eigenvalue weighted by atomic mass is 16.3. The number of rotatable bonds is 2. The maximum absolute atomic E-state index is 10.8. The molecule has 0 aliphatic carbocycles. The molecular formula is C20H20O. The second-order valence-electron chi connectivity index (χ2n) is 5.82. The van der Waals surface area contributed by atoms with Crippen LogP contribution in [0.1, 0.15) is 33.9 Å². The van der Waals surface area contributed by atoms with Gasteiger partial charge in [0.15, 0.2) is 0 Å². The van der Waals surface area contributed by atoms with Crippen molar-refractivity contribution in [3.63, 3.8) is 0 Å². The van der Waals surface area contributed by atoms with Crippen molar-refractivity contribution in [3.05, 3.63) is 82.4 Å². The van der Waals surface area contributed by atoms with E-state index >= 15 is 0 Å². The largest absolute Gasteiger partial charge is 0.384 e. The molecule has 0 bridgehead atoms. The summed E-state index contributed by atoms with van der Waals surface area (Å²) in [6.45, 7) is 6.23. The van der Waals surface area contributed by atoms with Crippen LogP contribution in [0.2, 0.25) is 0 Å². The Morgan fingerprint density at radius 2 is 1.38 bits per heavy atom. The van der Waals surface area contributed by atoms with E-state index in [1.807, 2.05) is 18.2 Å². The fourth-order valence-electron chi connectivity index (χ4n) is 3.17. The van der Waals surface area contributed by atoms with Crippen molar-refractivity contribution in [2.45, 2.75) is 26.9 Å².